The van der Waals surface area contributed by atoms with Crippen LogP contribution < -0.4 is 10.6 Å². The predicted octanol–water partition coefficient (Wildman–Crippen LogP) is 3.31. The molecule has 0 amide bonds. The highest BCUT2D eigenvalue weighted by molar-refractivity contribution is 14.0. The van der Waals surface area contributed by atoms with E-state index >= 15 is 0 Å². The van der Waals surface area contributed by atoms with Crippen LogP contribution in [0.3, 0.4) is 0 Å². The topological polar surface area (TPSA) is 65.9 Å². The van der Waals surface area contributed by atoms with Gasteiger partial charge in [-0.15, -0.1) is 24.0 Å². The van der Waals surface area contributed by atoms with E-state index < -0.39 is 0 Å². The molecule has 1 aromatic carbocycles. The fourth-order valence-corrected chi connectivity index (χ4v) is 4.22. The zero-order valence-electron chi connectivity index (χ0n) is 16.0. The lowest BCUT2D eigenvalue weighted by Crippen LogP contribution is -2.67. The minimum Gasteiger partial charge on any atom is -0.508 e. The van der Waals surface area contributed by atoms with Crippen LogP contribution in [0.4, 0.5) is 0 Å². The number of aliphatic imine (C=N–C) groups is 1. The second-order valence-electron chi connectivity index (χ2n) is 7.72. The van der Waals surface area contributed by atoms with Crippen molar-refractivity contribution in [2.75, 3.05) is 19.7 Å². The molecule has 1 aromatic rings. The predicted molar refractivity (Wildman–Crippen MR) is 116 cm³/mol. The van der Waals surface area contributed by atoms with Gasteiger partial charge in [-0.25, -0.2) is 0 Å². The fraction of sp³-hybridized carbons (Fsp3) is 0.650. The SMILES string of the molecule is CCNC(=NCCCc1ccc(O)cc1)NC1C2CCOC2C1(C)C.I. The average molecular weight is 473 g/mol. The van der Waals surface area contributed by atoms with Gasteiger partial charge in [0.25, 0.3) is 0 Å². The van der Waals surface area contributed by atoms with Crippen molar-refractivity contribution < 1.29 is 9.84 Å². The molecule has 0 spiro atoms. The van der Waals surface area contributed by atoms with E-state index in [4.69, 9.17) is 9.73 Å². The van der Waals surface area contributed by atoms with Crippen molar-refractivity contribution in [2.24, 2.45) is 16.3 Å². The van der Waals surface area contributed by atoms with E-state index in [1.807, 2.05) is 12.1 Å². The number of fused-ring (bicyclic) bond motifs is 1. The number of phenolic OH excluding ortho intramolecular Hbond substituents is 1. The Bertz CT molecular complexity index is 604. The van der Waals surface area contributed by atoms with Crippen LogP contribution in [0, 0.1) is 11.3 Å². The van der Waals surface area contributed by atoms with E-state index in [0.29, 0.717) is 23.8 Å². The Morgan fingerprint density at radius 2 is 2.04 bits per heavy atom. The van der Waals surface area contributed by atoms with Crippen molar-refractivity contribution >= 4 is 29.9 Å². The van der Waals surface area contributed by atoms with Crippen LogP contribution in [0.1, 0.15) is 39.2 Å². The Kier molecular flexibility index (Phi) is 7.58. The van der Waals surface area contributed by atoms with Gasteiger partial charge in [-0.3, -0.25) is 4.99 Å². The standard InChI is InChI=1S/C20H31N3O2.HI/c1-4-21-19(22-12-5-6-14-7-9-15(24)10-8-14)23-17-16-11-13-25-18(16)20(17,2)3;/h7-10,16-18,24H,4-6,11-13H2,1-3H3,(H2,21,22,23);1H. The molecule has 146 valence electrons. The first-order valence-corrected chi connectivity index (χ1v) is 9.46. The van der Waals surface area contributed by atoms with Gasteiger partial charge in [0.1, 0.15) is 5.75 Å². The third-order valence-electron chi connectivity index (χ3n) is 5.57. The minimum atomic E-state index is 0. The summed E-state index contributed by atoms with van der Waals surface area (Å²) in [5.74, 6) is 1.84. The summed E-state index contributed by atoms with van der Waals surface area (Å²) in [6.07, 6.45) is 3.50. The third kappa shape index (κ3) is 4.63. The number of ether oxygens (including phenoxy) is 1. The van der Waals surface area contributed by atoms with Crippen molar-refractivity contribution in [3.63, 3.8) is 0 Å². The van der Waals surface area contributed by atoms with Crippen LogP contribution in [0.25, 0.3) is 0 Å². The normalized spacial score (nSPS) is 26.4. The van der Waals surface area contributed by atoms with Crippen LogP contribution in [0.15, 0.2) is 29.3 Å². The summed E-state index contributed by atoms with van der Waals surface area (Å²) < 4.78 is 5.88. The highest BCUT2D eigenvalue weighted by Gasteiger charge is 2.59. The second kappa shape index (κ2) is 9.26. The van der Waals surface area contributed by atoms with Crippen LogP contribution in [0.5, 0.6) is 5.75 Å². The van der Waals surface area contributed by atoms with E-state index in [1.165, 1.54) is 5.56 Å². The van der Waals surface area contributed by atoms with Gasteiger partial charge < -0.3 is 20.5 Å². The zero-order chi connectivity index (χ0) is 17.9. The van der Waals surface area contributed by atoms with E-state index in [2.05, 4.69) is 31.4 Å². The first kappa shape index (κ1) is 21.3. The summed E-state index contributed by atoms with van der Waals surface area (Å²) >= 11 is 0. The Labute approximate surface area is 174 Å². The molecule has 1 aliphatic heterocycles. The largest absolute Gasteiger partial charge is 0.508 e. The monoisotopic (exact) mass is 473 g/mol. The van der Waals surface area contributed by atoms with Crippen LogP contribution in [0.2, 0.25) is 0 Å². The zero-order valence-corrected chi connectivity index (χ0v) is 18.3. The number of phenols is 1. The first-order chi connectivity index (χ1) is 12.0. The number of halogens is 1. The maximum Gasteiger partial charge on any atom is 0.191 e. The highest BCUT2D eigenvalue weighted by atomic mass is 127. The van der Waals surface area contributed by atoms with E-state index in [0.717, 1.165) is 44.9 Å². The lowest BCUT2D eigenvalue weighted by atomic mass is 9.57. The van der Waals surface area contributed by atoms with Crippen molar-refractivity contribution in [2.45, 2.75) is 52.2 Å². The van der Waals surface area contributed by atoms with Crippen LogP contribution in [-0.2, 0) is 11.2 Å². The second-order valence-corrected chi connectivity index (χ2v) is 7.72. The molecule has 5 nitrogen and oxygen atoms in total. The van der Waals surface area contributed by atoms with Crippen molar-refractivity contribution in [1.82, 2.24) is 10.6 Å². The Morgan fingerprint density at radius 3 is 2.73 bits per heavy atom. The van der Waals surface area contributed by atoms with E-state index in [-0.39, 0.29) is 29.4 Å². The summed E-state index contributed by atoms with van der Waals surface area (Å²) in [6.45, 7) is 9.20. The molecule has 3 rings (SSSR count). The molecular weight excluding hydrogens is 441 g/mol. The Hall–Kier alpha value is -1.02. The van der Waals surface area contributed by atoms with E-state index in [1.54, 1.807) is 12.1 Å². The molecule has 1 aliphatic carbocycles. The van der Waals surface area contributed by atoms with Crippen LogP contribution in [-0.4, -0.2) is 42.9 Å². The van der Waals surface area contributed by atoms with Crippen molar-refractivity contribution in [3.8, 4) is 5.75 Å². The van der Waals surface area contributed by atoms with Gasteiger partial charge >= 0.3 is 0 Å². The molecule has 6 heteroatoms. The molecule has 3 atom stereocenters. The number of aromatic hydroxyl groups is 1. The summed E-state index contributed by atoms with van der Waals surface area (Å²) in [5, 5.41) is 16.4. The maximum atomic E-state index is 9.33. The minimum absolute atomic E-state index is 0. The van der Waals surface area contributed by atoms with Gasteiger partial charge in [0.05, 0.1) is 6.10 Å². The summed E-state index contributed by atoms with van der Waals surface area (Å²) in [5.41, 5.74) is 1.39. The van der Waals surface area contributed by atoms with Crippen LogP contribution >= 0.6 is 24.0 Å². The molecule has 2 aliphatic rings. The number of nitrogens with one attached hydrogen (secondary N) is 2. The molecule has 26 heavy (non-hydrogen) atoms. The molecule has 1 saturated carbocycles. The number of benzene rings is 1. The lowest BCUT2D eigenvalue weighted by molar-refractivity contribution is -0.106. The number of hydrogen-bond acceptors (Lipinski definition) is 3. The molecule has 0 bridgehead atoms. The van der Waals surface area contributed by atoms with Gasteiger partial charge in [-0.1, -0.05) is 26.0 Å². The molecular formula is C20H32IN3O2. The number of nitrogens with zero attached hydrogens (tertiary/aromatic N) is 1. The van der Waals surface area contributed by atoms with E-state index in [9.17, 15) is 5.11 Å². The Morgan fingerprint density at radius 1 is 1.31 bits per heavy atom. The molecule has 3 unspecified atom stereocenters. The molecule has 1 saturated heterocycles. The number of guanidine groups is 1. The highest BCUT2D eigenvalue weighted by Crippen LogP contribution is 2.52. The molecule has 3 N–H and O–H groups in total. The molecule has 0 aromatic heterocycles. The molecule has 1 heterocycles. The molecule has 0 radical (unpaired) electrons. The van der Waals surface area contributed by atoms with Crippen molar-refractivity contribution in [3.05, 3.63) is 29.8 Å². The summed E-state index contributed by atoms with van der Waals surface area (Å²) in [7, 11) is 0. The fourth-order valence-electron chi connectivity index (χ4n) is 4.22. The quantitative estimate of drug-likeness (QED) is 0.257. The summed E-state index contributed by atoms with van der Waals surface area (Å²) in [6, 6.07) is 7.85. The lowest BCUT2D eigenvalue weighted by Gasteiger charge is -2.54. The number of rotatable bonds is 6. The molecule has 2 fully saturated rings. The summed E-state index contributed by atoms with van der Waals surface area (Å²) in [4.78, 5) is 4.75. The number of aryl methyl sites for hydroxylation is 1. The van der Waals surface area contributed by atoms with Gasteiger partial charge in [0.2, 0.25) is 0 Å². The Balaban J connectivity index is 0.00000243. The maximum absolute atomic E-state index is 9.33. The van der Waals surface area contributed by atoms with Gasteiger partial charge in [0.15, 0.2) is 5.96 Å². The van der Waals surface area contributed by atoms with Gasteiger partial charge in [0, 0.05) is 37.1 Å². The van der Waals surface area contributed by atoms with Crippen molar-refractivity contribution in [1.29, 1.82) is 0 Å². The van der Waals surface area contributed by atoms with Gasteiger partial charge in [-0.2, -0.15) is 0 Å². The number of hydrogen-bond donors (Lipinski definition) is 3. The smallest absolute Gasteiger partial charge is 0.191 e. The van der Waals surface area contributed by atoms with Gasteiger partial charge in [-0.05, 0) is 43.9 Å². The third-order valence-corrected chi connectivity index (χ3v) is 5.57. The average Bonchev–Trinajstić information content (AvgIpc) is 3.05. The first-order valence-electron chi connectivity index (χ1n) is 9.46.